The van der Waals surface area contributed by atoms with E-state index in [1.54, 1.807) is 5.57 Å². The molecule has 0 radical (unpaired) electrons. The molecule has 1 heteroatoms. The van der Waals surface area contributed by atoms with Crippen LogP contribution >= 0.6 is 0 Å². The summed E-state index contributed by atoms with van der Waals surface area (Å²) >= 11 is 0. The first-order chi connectivity index (χ1) is 9.17. The zero-order valence-electron chi connectivity index (χ0n) is 11.5. The van der Waals surface area contributed by atoms with Crippen LogP contribution in [-0.2, 0) is 0 Å². The molecule has 0 aromatic heterocycles. The van der Waals surface area contributed by atoms with Crippen molar-refractivity contribution in [3.8, 4) is 0 Å². The van der Waals surface area contributed by atoms with Gasteiger partial charge in [-0.15, -0.1) is 0 Å². The van der Waals surface area contributed by atoms with E-state index < -0.39 is 0 Å². The second-order valence-corrected chi connectivity index (χ2v) is 7.05. The fourth-order valence-corrected chi connectivity index (χ4v) is 4.97. The first-order valence-corrected chi connectivity index (χ1v) is 7.62. The molecule has 0 aromatic rings. The van der Waals surface area contributed by atoms with E-state index in [0.29, 0.717) is 23.2 Å². The van der Waals surface area contributed by atoms with Crippen LogP contribution in [0, 0.1) is 23.2 Å². The van der Waals surface area contributed by atoms with Gasteiger partial charge in [0.1, 0.15) is 0 Å². The van der Waals surface area contributed by atoms with Crippen molar-refractivity contribution in [1.82, 2.24) is 0 Å². The van der Waals surface area contributed by atoms with Crippen LogP contribution in [-0.4, -0.2) is 11.2 Å². The monoisotopic (exact) mass is 254 g/mol. The number of hydrogen-bond donors (Lipinski definition) is 1. The molecule has 0 saturated heterocycles. The molecule has 1 unspecified atom stereocenters. The molecular formula is C18H22O. The molecular weight excluding hydrogens is 232 g/mol. The van der Waals surface area contributed by atoms with Crippen LogP contribution in [0.1, 0.15) is 32.6 Å². The molecule has 2 saturated carbocycles. The molecule has 0 bridgehead atoms. The summed E-state index contributed by atoms with van der Waals surface area (Å²) in [5.41, 5.74) is 3.44. The topological polar surface area (TPSA) is 20.2 Å². The Balaban J connectivity index is 1.75. The number of rotatable bonds is 0. The minimum atomic E-state index is -0.0816. The lowest BCUT2D eigenvalue weighted by atomic mass is 9.58. The van der Waals surface area contributed by atoms with Gasteiger partial charge in [0.05, 0.1) is 6.10 Å². The average molecular weight is 254 g/mol. The standard InChI is InChI=1S/C18H22O/c1-18-9-8-15-14-5-3-2-4-12(14)6-7-16(15)17(18)10-13(19)11-18/h2-7,13-15,17,19H,8-11H2,1H3/t13?,14-,15+,17-,18+/m0/s1. The van der Waals surface area contributed by atoms with Gasteiger partial charge in [0.15, 0.2) is 0 Å². The van der Waals surface area contributed by atoms with Gasteiger partial charge in [0, 0.05) is 5.92 Å². The predicted octanol–water partition coefficient (Wildman–Crippen LogP) is 3.78. The van der Waals surface area contributed by atoms with E-state index in [2.05, 4.69) is 43.4 Å². The molecule has 0 spiro atoms. The van der Waals surface area contributed by atoms with Crippen LogP contribution in [0.3, 0.4) is 0 Å². The van der Waals surface area contributed by atoms with Crippen molar-refractivity contribution in [1.29, 1.82) is 0 Å². The summed E-state index contributed by atoms with van der Waals surface area (Å²) < 4.78 is 0. The van der Waals surface area contributed by atoms with E-state index in [1.807, 2.05) is 0 Å². The molecule has 0 aliphatic heterocycles. The van der Waals surface area contributed by atoms with E-state index in [4.69, 9.17) is 0 Å². The lowest BCUT2D eigenvalue weighted by molar-refractivity contribution is 0.140. The van der Waals surface area contributed by atoms with Crippen LogP contribution < -0.4 is 0 Å². The smallest absolute Gasteiger partial charge is 0.0551 e. The van der Waals surface area contributed by atoms with Crippen LogP contribution in [0.5, 0.6) is 0 Å². The first-order valence-electron chi connectivity index (χ1n) is 7.62. The maximum atomic E-state index is 10.1. The van der Waals surface area contributed by atoms with Crippen molar-refractivity contribution in [2.75, 3.05) is 0 Å². The van der Waals surface area contributed by atoms with Gasteiger partial charge < -0.3 is 5.11 Å². The predicted molar refractivity (Wildman–Crippen MR) is 77.5 cm³/mol. The van der Waals surface area contributed by atoms with E-state index in [0.717, 1.165) is 12.8 Å². The molecule has 0 aromatic carbocycles. The van der Waals surface area contributed by atoms with Gasteiger partial charge >= 0.3 is 0 Å². The quantitative estimate of drug-likeness (QED) is 0.697. The lowest BCUT2D eigenvalue weighted by Gasteiger charge is -2.46. The molecule has 4 rings (SSSR count). The molecule has 0 heterocycles. The number of hydrogen-bond acceptors (Lipinski definition) is 1. The highest BCUT2D eigenvalue weighted by atomic mass is 16.3. The van der Waals surface area contributed by atoms with Gasteiger partial charge in [-0.05, 0) is 48.5 Å². The summed E-state index contributed by atoms with van der Waals surface area (Å²) in [6.07, 6.45) is 18.1. The zero-order valence-corrected chi connectivity index (χ0v) is 11.5. The van der Waals surface area contributed by atoms with Crippen molar-refractivity contribution in [3.05, 3.63) is 47.6 Å². The summed E-state index contributed by atoms with van der Waals surface area (Å²) in [5, 5.41) is 10.1. The third-order valence-corrected chi connectivity index (χ3v) is 5.91. The van der Waals surface area contributed by atoms with Crippen LogP contribution in [0.25, 0.3) is 0 Å². The molecule has 0 amide bonds. The molecule has 100 valence electrons. The van der Waals surface area contributed by atoms with E-state index in [1.165, 1.54) is 18.4 Å². The van der Waals surface area contributed by atoms with E-state index >= 15 is 0 Å². The van der Waals surface area contributed by atoms with Crippen LogP contribution in [0.15, 0.2) is 47.6 Å². The third-order valence-electron chi connectivity index (χ3n) is 5.91. The Kier molecular flexibility index (Phi) is 2.44. The molecule has 5 atom stereocenters. The fraction of sp³-hybridized carbons (Fsp3) is 0.556. The van der Waals surface area contributed by atoms with Gasteiger partial charge in [0.2, 0.25) is 0 Å². The summed E-state index contributed by atoms with van der Waals surface area (Å²) in [6.45, 7) is 2.39. The van der Waals surface area contributed by atoms with E-state index in [9.17, 15) is 5.11 Å². The summed E-state index contributed by atoms with van der Waals surface area (Å²) in [6, 6.07) is 0. The highest BCUT2D eigenvalue weighted by molar-refractivity contribution is 5.44. The van der Waals surface area contributed by atoms with E-state index in [-0.39, 0.29) is 6.10 Å². The Morgan fingerprint density at radius 3 is 3.05 bits per heavy atom. The minimum absolute atomic E-state index is 0.0816. The number of aliphatic hydroxyl groups is 1. The normalized spacial score (nSPS) is 47.1. The van der Waals surface area contributed by atoms with Gasteiger partial charge in [0.25, 0.3) is 0 Å². The van der Waals surface area contributed by atoms with Gasteiger partial charge in [-0.25, -0.2) is 0 Å². The Labute approximate surface area is 115 Å². The maximum Gasteiger partial charge on any atom is 0.0551 e. The van der Waals surface area contributed by atoms with Gasteiger partial charge in [-0.1, -0.05) is 49.0 Å². The lowest BCUT2D eigenvalue weighted by Crippen LogP contribution is -2.36. The van der Waals surface area contributed by atoms with Crippen molar-refractivity contribution in [2.24, 2.45) is 23.2 Å². The minimum Gasteiger partial charge on any atom is -0.393 e. The Morgan fingerprint density at radius 1 is 1.26 bits per heavy atom. The van der Waals surface area contributed by atoms with Gasteiger partial charge in [-0.3, -0.25) is 0 Å². The molecule has 2 fully saturated rings. The van der Waals surface area contributed by atoms with Crippen LogP contribution in [0.4, 0.5) is 0 Å². The highest BCUT2D eigenvalue weighted by Gasteiger charge is 2.50. The first kappa shape index (κ1) is 11.7. The largest absolute Gasteiger partial charge is 0.393 e. The number of allylic oxidation sites excluding steroid dienone is 8. The molecule has 4 aliphatic carbocycles. The van der Waals surface area contributed by atoms with Gasteiger partial charge in [-0.2, -0.15) is 0 Å². The van der Waals surface area contributed by atoms with Crippen LogP contribution in [0.2, 0.25) is 0 Å². The molecule has 19 heavy (non-hydrogen) atoms. The van der Waals surface area contributed by atoms with Crippen molar-refractivity contribution in [3.63, 3.8) is 0 Å². The Hall–Kier alpha value is -1.08. The summed E-state index contributed by atoms with van der Waals surface area (Å²) in [5.74, 6) is 1.88. The summed E-state index contributed by atoms with van der Waals surface area (Å²) in [7, 11) is 0. The Morgan fingerprint density at radius 2 is 2.16 bits per heavy atom. The SMILES string of the molecule is C[C@]12CC[C@H]3C(=CC=C4C=CC=C[C@@H]43)[C@@H]1CC(O)C2. The Bertz CT molecular complexity index is 522. The van der Waals surface area contributed by atoms with Crippen molar-refractivity contribution < 1.29 is 5.11 Å². The average Bonchev–Trinajstić information content (AvgIpc) is 2.73. The second kappa shape index (κ2) is 3.96. The number of aliphatic hydroxyl groups excluding tert-OH is 1. The molecule has 1 nitrogen and oxygen atoms in total. The van der Waals surface area contributed by atoms with Crippen molar-refractivity contribution in [2.45, 2.75) is 38.7 Å². The zero-order chi connectivity index (χ0) is 13.0. The number of fused-ring (bicyclic) bond motifs is 5. The third kappa shape index (κ3) is 1.64. The molecule has 4 aliphatic rings. The highest BCUT2D eigenvalue weighted by Crippen LogP contribution is 2.58. The van der Waals surface area contributed by atoms with Crippen molar-refractivity contribution >= 4 is 0 Å². The molecule has 1 N–H and O–H groups in total. The maximum absolute atomic E-state index is 10.1. The second-order valence-electron chi connectivity index (χ2n) is 7.05. The summed E-state index contributed by atoms with van der Waals surface area (Å²) in [4.78, 5) is 0. The fourth-order valence-electron chi connectivity index (χ4n) is 4.97.